The summed E-state index contributed by atoms with van der Waals surface area (Å²) in [6, 6.07) is 11.2. The molecule has 0 fully saturated rings. The molecule has 0 aliphatic carbocycles. The lowest BCUT2D eigenvalue weighted by Crippen LogP contribution is -1.92. The summed E-state index contributed by atoms with van der Waals surface area (Å²) in [4.78, 5) is 4.23. The van der Waals surface area contributed by atoms with Gasteiger partial charge in [0, 0.05) is 18.0 Å². The van der Waals surface area contributed by atoms with Crippen molar-refractivity contribution >= 4 is 5.65 Å². The molecule has 0 saturated carbocycles. The maximum absolute atomic E-state index is 10.2. The SMILES string of the molecule is COc1cccc(-c2cccc3nccn23)c1O. The first-order valence-corrected chi connectivity index (χ1v) is 5.59. The van der Waals surface area contributed by atoms with Gasteiger partial charge in [0.05, 0.1) is 12.8 Å². The van der Waals surface area contributed by atoms with Crippen molar-refractivity contribution < 1.29 is 9.84 Å². The average molecular weight is 240 g/mol. The zero-order valence-corrected chi connectivity index (χ0v) is 9.87. The normalized spacial score (nSPS) is 10.7. The predicted molar refractivity (Wildman–Crippen MR) is 68.8 cm³/mol. The van der Waals surface area contributed by atoms with Gasteiger partial charge in [0.15, 0.2) is 11.5 Å². The Morgan fingerprint density at radius 3 is 2.83 bits per heavy atom. The lowest BCUT2D eigenvalue weighted by molar-refractivity contribution is 0.374. The van der Waals surface area contributed by atoms with Crippen molar-refractivity contribution in [1.82, 2.24) is 9.38 Å². The minimum Gasteiger partial charge on any atom is -0.504 e. The number of nitrogens with zero attached hydrogens (tertiary/aromatic N) is 2. The number of hydrogen-bond acceptors (Lipinski definition) is 3. The number of aromatic nitrogens is 2. The Kier molecular flexibility index (Phi) is 2.41. The first-order chi connectivity index (χ1) is 8.81. The number of phenolic OH excluding ortho intramolecular Hbond substituents is 1. The van der Waals surface area contributed by atoms with Crippen LogP contribution in [-0.4, -0.2) is 21.6 Å². The van der Waals surface area contributed by atoms with Gasteiger partial charge >= 0.3 is 0 Å². The number of imidazole rings is 1. The number of pyridine rings is 1. The van der Waals surface area contributed by atoms with Crippen LogP contribution in [0.2, 0.25) is 0 Å². The molecule has 2 heterocycles. The molecule has 90 valence electrons. The summed E-state index contributed by atoms with van der Waals surface area (Å²) in [5.74, 6) is 0.603. The molecule has 4 nitrogen and oxygen atoms in total. The molecule has 0 aliphatic heterocycles. The molecule has 1 N–H and O–H groups in total. The Morgan fingerprint density at radius 1 is 1.17 bits per heavy atom. The van der Waals surface area contributed by atoms with Crippen LogP contribution in [0.1, 0.15) is 0 Å². The topological polar surface area (TPSA) is 46.8 Å². The maximum Gasteiger partial charge on any atom is 0.167 e. The highest BCUT2D eigenvalue weighted by Crippen LogP contribution is 2.36. The second-order valence-corrected chi connectivity index (χ2v) is 3.92. The van der Waals surface area contributed by atoms with Crippen molar-refractivity contribution in [1.29, 1.82) is 0 Å². The predicted octanol–water partition coefficient (Wildman–Crippen LogP) is 2.72. The van der Waals surface area contributed by atoms with E-state index < -0.39 is 0 Å². The van der Waals surface area contributed by atoms with Crippen LogP contribution < -0.4 is 4.74 Å². The van der Waals surface area contributed by atoms with E-state index in [0.717, 1.165) is 16.9 Å². The Bertz CT molecular complexity index is 704. The molecule has 0 radical (unpaired) electrons. The Balaban J connectivity index is 2.29. The molecule has 0 saturated heterocycles. The van der Waals surface area contributed by atoms with E-state index in [1.165, 1.54) is 7.11 Å². The summed E-state index contributed by atoms with van der Waals surface area (Å²) in [6.45, 7) is 0. The summed E-state index contributed by atoms with van der Waals surface area (Å²) in [7, 11) is 1.54. The summed E-state index contributed by atoms with van der Waals surface area (Å²) in [5, 5.41) is 10.2. The van der Waals surface area contributed by atoms with Crippen molar-refractivity contribution in [3.8, 4) is 22.8 Å². The standard InChI is InChI=1S/C14H12N2O2/c1-18-12-6-2-4-10(14(12)17)11-5-3-7-13-15-8-9-16(11)13/h2-9,17H,1H3. The Hall–Kier alpha value is -2.49. The molecule has 0 bridgehead atoms. The highest BCUT2D eigenvalue weighted by Gasteiger charge is 2.11. The highest BCUT2D eigenvalue weighted by atomic mass is 16.5. The molecule has 0 spiro atoms. The number of ether oxygens (including phenoxy) is 1. The number of benzene rings is 1. The van der Waals surface area contributed by atoms with Gasteiger partial charge in [-0.2, -0.15) is 0 Å². The van der Waals surface area contributed by atoms with Crippen LogP contribution in [0.4, 0.5) is 0 Å². The quantitative estimate of drug-likeness (QED) is 0.749. The van der Waals surface area contributed by atoms with Gasteiger partial charge in [-0.25, -0.2) is 4.98 Å². The summed E-state index contributed by atoms with van der Waals surface area (Å²) in [6.07, 6.45) is 3.60. The molecule has 4 heteroatoms. The van der Waals surface area contributed by atoms with Crippen LogP contribution in [0.5, 0.6) is 11.5 Å². The van der Waals surface area contributed by atoms with Gasteiger partial charge in [0.2, 0.25) is 0 Å². The fraction of sp³-hybridized carbons (Fsp3) is 0.0714. The van der Waals surface area contributed by atoms with Gasteiger partial charge in [0.1, 0.15) is 5.65 Å². The fourth-order valence-corrected chi connectivity index (χ4v) is 2.06. The number of methoxy groups -OCH3 is 1. The first-order valence-electron chi connectivity index (χ1n) is 5.59. The van der Waals surface area contributed by atoms with E-state index in [1.807, 2.05) is 40.9 Å². The number of fused-ring (bicyclic) bond motifs is 1. The lowest BCUT2D eigenvalue weighted by Gasteiger charge is -2.10. The van der Waals surface area contributed by atoms with Crippen molar-refractivity contribution in [3.05, 3.63) is 48.8 Å². The van der Waals surface area contributed by atoms with Crippen LogP contribution in [-0.2, 0) is 0 Å². The summed E-state index contributed by atoms with van der Waals surface area (Å²) < 4.78 is 7.05. The van der Waals surface area contributed by atoms with E-state index in [9.17, 15) is 5.11 Å². The third-order valence-corrected chi connectivity index (χ3v) is 2.92. The number of phenols is 1. The highest BCUT2D eigenvalue weighted by molar-refractivity contribution is 5.72. The third kappa shape index (κ3) is 1.50. The maximum atomic E-state index is 10.2. The Labute approximate surface area is 104 Å². The van der Waals surface area contributed by atoms with Gasteiger partial charge in [-0.3, -0.25) is 4.40 Å². The molecule has 2 aromatic heterocycles. The van der Waals surface area contributed by atoms with Crippen molar-refractivity contribution in [2.24, 2.45) is 0 Å². The van der Waals surface area contributed by atoms with Crippen molar-refractivity contribution in [2.45, 2.75) is 0 Å². The molecule has 0 amide bonds. The minimum atomic E-state index is 0.140. The second-order valence-electron chi connectivity index (χ2n) is 3.92. The largest absolute Gasteiger partial charge is 0.504 e. The molecular weight excluding hydrogens is 228 g/mol. The van der Waals surface area contributed by atoms with Crippen LogP contribution in [0.3, 0.4) is 0 Å². The molecule has 0 unspecified atom stereocenters. The second kappa shape index (κ2) is 4.07. The van der Waals surface area contributed by atoms with Crippen LogP contribution in [0.15, 0.2) is 48.8 Å². The minimum absolute atomic E-state index is 0.140. The van der Waals surface area contributed by atoms with E-state index in [0.29, 0.717) is 5.75 Å². The van der Waals surface area contributed by atoms with Gasteiger partial charge < -0.3 is 9.84 Å². The van der Waals surface area contributed by atoms with Gasteiger partial charge in [-0.05, 0) is 24.3 Å². The monoisotopic (exact) mass is 240 g/mol. The lowest BCUT2D eigenvalue weighted by atomic mass is 10.1. The van der Waals surface area contributed by atoms with Crippen LogP contribution in [0.25, 0.3) is 16.9 Å². The zero-order valence-electron chi connectivity index (χ0n) is 9.87. The van der Waals surface area contributed by atoms with Crippen molar-refractivity contribution in [2.75, 3.05) is 7.11 Å². The first kappa shape index (κ1) is 10.7. The van der Waals surface area contributed by atoms with Gasteiger partial charge in [-0.15, -0.1) is 0 Å². The van der Waals surface area contributed by atoms with Crippen LogP contribution >= 0.6 is 0 Å². The molecule has 3 aromatic rings. The Morgan fingerprint density at radius 2 is 2.00 bits per heavy atom. The summed E-state index contributed by atoms with van der Waals surface area (Å²) >= 11 is 0. The molecule has 1 aromatic carbocycles. The average Bonchev–Trinajstić information content (AvgIpc) is 2.87. The number of para-hydroxylation sites is 1. The number of hydrogen-bond donors (Lipinski definition) is 1. The molecule has 0 aliphatic rings. The van der Waals surface area contributed by atoms with E-state index in [1.54, 1.807) is 12.3 Å². The molecular formula is C14H12N2O2. The third-order valence-electron chi connectivity index (χ3n) is 2.92. The van der Waals surface area contributed by atoms with Crippen molar-refractivity contribution in [3.63, 3.8) is 0 Å². The fourth-order valence-electron chi connectivity index (χ4n) is 2.06. The van der Waals surface area contributed by atoms with E-state index in [4.69, 9.17) is 4.74 Å². The summed E-state index contributed by atoms with van der Waals surface area (Å²) in [5.41, 5.74) is 2.44. The molecule has 0 atom stereocenters. The van der Waals surface area contributed by atoms with Crippen LogP contribution in [0, 0.1) is 0 Å². The van der Waals surface area contributed by atoms with E-state index in [2.05, 4.69) is 4.98 Å². The van der Waals surface area contributed by atoms with Gasteiger partial charge in [-0.1, -0.05) is 12.1 Å². The van der Waals surface area contributed by atoms with E-state index >= 15 is 0 Å². The smallest absolute Gasteiger partial charge is 0.167 e. The molecule has 3 rings (SSSR count). The van der Waals surface area contributed by atoms with Gasteiger partial charge in [0.25, 0.3) is 0 Å². The number of aromatic hydroxyl groups is 1. The van der Waals surface area contributed by atoms with E-state index in [-0.39, 0.29) is 5.75 Å². The number of rotatable bonds is 2. The molecule has 18 heavy (non-hydrogen) atoms. The zero-order chi connectivity index (χ0) is 12.5.